The largest absolute Gasteiger partial charge is 0.494 e. The Morgan fingerprint density at radius 1 is 1.27 bits per heavy atom. The Kier molecular flexibility index (Phi) is 4.74. The maximum atomic E-state index is 14.7. The fourth-order valence-corrected chi connectivity index (χ4v) is 4.68. The number of sulfonamides is 1. The molecule has 0 spiro atoms. The second-order valence-electron chi connectivity index (χ2n) is 7.67. The highest BCUT2D eigenvalue weighted by Gasteiger charge is 2.28. The van der Waals surface area contributed by atoms with Crippen LogP contribution in [0.15, 0.2) is 39.9 Å². The number of benzene rings is 1. The van der Waals surface area contributed by atoms with Gasteiger partial charge in [0.25, 0.3) is 10.0 Å². The SMILES string of the molecule is CCS(=O)(=O)N=c1ccn(C)c2c1C=NC1=c3c-2c(O)[nH]c3=CCN1c1ccc(F)cc1F. The summed E-state index contributed by atoms with van der Waals surface area (Å²) in [6, 6.07) is 4.83. The third-order valence-corrected chi connectivity index (χ3v) is 6.87. The molecule has 4 heterocycles. The van der Waals surface area contributed by atoms with E-state index in [4.69, 9.17) is 0 Å². The lowest BCUT2D eigenvalue weighted by molar-refractivity contribution is 0.457. The van der Waals surface area contributed by atoms with Gasteiger partial charge in [0.15, 0.2) is 5.88 Å². The van der Waals surface area contributed by atoms with Gasteiger partial charge in [0.2, 0.25) is 0 Å². The Labute approximate surface area is 187 Å². The molecule has 0 aliphatic carbocycles. The van der Waals surface area contributed by atoms with Crippen LogP contribution in [0.25, 0.3) is 23.2 Å². The van der Waals surface area contributed by atoms with Crippen LogP contribution in [0, 0.1) is 11.6 Å². The maximum Gasteiger partial charge on any atom is 0.253 e. The van der Waals surface area contributed by atoms with E-state index in [1.165, 1.54) is 19.2 Å². The molecule has 0 unspecified atom stereocenters. The summed E-state index contributed by atoms with van der Waals surface area (Å²) in [6.07, 6.45) is 4.86. The number of aromatic amines is 1. The van der Waals surface area contributed by atoms with E-state index in [0.717, 1.165) is 12.1 Å². The monoisotopic (exact) mass is 471 g/mol. The molecule has 5 rings (SSSR count). The number of aromatic hydroxyl groups is 1. The molecule has 0 bridgehead atoms. The van der Waals surface area contributed by atoms with Crippen LogP contribution in [0.3, 0.4) is 0 Å². The zero-order valence-electron chi connectivity index (χ0n) is 17.7. The van der Waals surface area contributed by atoms with Gasteiger partial charge < -0.3 is 19.6 Å². The molecule has 0 amide bonds. The summed E-state index contributed by atoms with van der Waals surface area (Å²) < 4.78 is 58.2. The minimum atomic E-state index is -3.71. The van der Waals surface area contributed by atoms with Crippen LogP contribution in [0.2, 0.25) is 0 Å². The first-order valence-electron chi connectivity index (χ1n) is 10.1. The van der Waals surface area contributed by atoms with Gasteiger partial charge in [0, 0.05) is 37.6 Å². The summed E-state index contributed by atoms with van der Waals surface area (Å²) in [7, 11) is -1.96. The molecule has 170 valence electrons. The van der Waals surface area contributed by atoms with Crippen molar-refractivity contribution in [3.8, 4) is 17.1 Å². The first-order chi connectivity index (χ1) is 15.7. The summed E-state index contributed by atoms with van der Waals surface area (Å²) in [6.45, 7) is 1.71. The van der Waals surface area contributed by atoms with Gasteiger partial charge in [-0.3, -0.25) is 0 Å². The summed E-state index contributed by atoms with van der Waals surface area (Å²) in [5, 5.41) is 12.1. The number of hydrogen-bond donors (Lipinski definition) is 2. The van der Waals surface area contributed by atoms with Crippen molar-refractivity contribution in [3.63, 3.8) is 0 Å². The predicted molar refractivity (Wildman–Crippen MR) is 120 cm³/mol. The quantitative estimate of drug-likeness (QED) is 0.596. The van der Waals surface area contributed by atoms with E-state index >= 15 is 0 Å². The molecule has 11 heteroatoms. The van der Waals surface area contributed by atoms with E-state index in [0.29, 0.717) is 33.2 Å². The number of aliphatic imine (C=N–C) groups is 1. The summed E-state index contributed by atoms with van der Waals surface area (Å²) in [5.74, 6) is -1.45. The Morgan fingerprint density at radius 2 is 2.06 bits per heavy atom. The molecule has 2 N–H and O–H groups in total. The molecular formula is C22H19F2N5O3S. The minimum absolute atomic E-state index is 0.117. The molecule has 33 heavy (non-hydrogen) atoms. The van der Waals surface area contributed by atoms with Crippen LogP contribution in [0.1, 0.15) is 12.5 Å². The standard InChI is InChI=1S/C22H19F2N5O3S/c1-3-33(31,32)27-15-6-8-28(2)20-13(15)11-25-21-18-16(26-22(30)19(18)20)7-9-29(21)17-5-4-12(23)10-14(17)24/h4-8,10-11,26,30H,3,9H2,1-2H3. The van der Waals surface area contributed by atoms with Crippen molar-refractivity contribution in [1.82, 2.24) is 9.55 Å². The van der Waals surface area contributed by atoms with Crippen molar-refractivity contribution in [1.29, 1.82) is 0 Å². The number of fused-ring (bicyclic) bond motifs is 2. The number of pyridine rings is 1. The van der Waals surface area contributed by atoms with Crippen LogP contribution in [-0.2, 0) is 17.1 Å². The molecule has 2 aromatic heterocycles. The molecule has 0 fully saturated rings. The number of hydrogen-bond acceptors (Lipinski definition) is 5. The van der Waals surface area contributed by atoms with Gasteiger partial charge in [-0.2, -0.15) is 4.40 Å². The van der Waals surface area contributed by atoms with Crippen molar-refractivity contribution in [2.45, 2.75) is 6.92 Å². The minimum Gasteiger partial charge on any atom is -0.494 e. The number of rotatable bonds is 3. The third-order valence-electron chi connectivity index (χ3n) is 5.66. The van der Waals surface area contributed by atoms with Crippen molar-refractivity contribution < 1.29 is 22.3 Å². The van der Waals surface area contributed by atoms with E-state index in [9.17, 15) is 22.3 Å². The lowest BCUT2D eigenvalue weighted by atomic mass is 10.1. The topological polar surface area (TPSA) is 103 Å². The number of H-pyrrole nitrogens is 1. The molecule has 8 nitrogen and oxygen atoms in total. The van der Waals surface area contributed by atoms with Gasteiger partial charge >= 0.3 is 0 Å². The summed E-state index contributed by atoms with van der Waals surface area (Å²) in [5.41, 5.74) is 1.37. The molecule has 2 aliphatic heterocycles. The van der Waals surface area contributed by atoms with Gasteiger partial charge in [-0.25, -0.2) is 22.2 Å². The van der Waals surface area contributed by atoms with Crippen molar-refractivity contribution in [2.24, 2.45) is 16.4 Å². The number of nitrogens with zero attached hydrogens (tertiary/aromatic N) is 4. The Morgan fingerprint density at radius 3 is 2.79 bits per heavy atom. The van der Waals surface area contributed by atoms with E-state index in [2.05, 4.69) is 14.4 Å². The first kappa shape index (κ1) is 21.1. The molecular weight excluding hydrogens is 452 g/mol. The molecule has 2 aliphatic rings. The van der Waals surface area contributed by atoms with E-state index in [1.807, 2.05) is 0 Å². The number of aryl methyl sites for hydroxylation is 1. The van der Waals surface area contributed by atoms with Crippen LogP contribution in [0.4, 0.5) is 14.5 Å². The number of halogens is 2. The van der Waals surface area contributed by atoms with Crippen molar-refractivity contribution in [2.75, 3.05) is 17.2 Å². The molecule has 1 aromatic carbocycles. The highest BCUT2D eigenvalue weighted by atomic mass is 32.2. The molecule has 0 saturated carbocycles. The maximum absolute atomic E-state index is 14.7. The van der Waals surface area contributed by atoms with E-state index < -0.39 is 21.7 Å². The average Bonchev–Trinajstić information content (AvgIpc) is 2.97. The fraction of sp³-hybridized carbons (Fsp3) is 0.182. The highest BCUT2D eigenvalue weighted by Crippen LogP contribution is 2.31. The van der Waals surface area contributed by atoms with Crippen LogP contribution in [-0.4, -0.2) is 41.6 Å². The van der Waals surface area contributed by atoms with Crippen molar-refractivity contribution >= 4 is 33.8 Å². The van der Waals surface area contributed by atoms with Crippen molar-refractivity contribution in [3.05, 3.63) is 63.6 Å². The van der Waals surface area contributed by atoms with E-state index in [1.54, 1.807) is 34.9 Å². The second kappa shape index (κ2) is 7.41. The van der Waals surface area contributed by atoms with Gasteiger partial charge in [0.05, 0.1) is 38.6 Å². The highest BCUT2D eigenvalue weighted by molar-refractivity contribution is 7.89. The molecule has 3 aromatic rings. The first-order valence-corrected chi connectivity index (χ1v) is 11.7. The van der Waals surface area contributed by atoms with E-state index in [-0.39, 0.29) is 29.2 Å². The Bertz CT molecular complexity index is 1650. The molecule has 0 saturated heterocycles. The zero-order chi connectivity index (χ0) is 23.5. The molecule has 0 radical (unpaired) electrons. The van der Waals surface area contributed by atoms with Gasteiger partial charge in [-0.15, -0.1) is 0 Å². The lowest BCUT2D eigenvalue weighted by Gasteiger charge is -2.25. The normalized spacial score (nSPS) is 15.2. The van der Waals surface area contributed by atoms with Crippen LogP contribution < -0.4 is 20.8 Å². The molecule has 0 atom stereocenters. The van der Waals surface area contributed by atoms with Gasteiger partial charge in [-0.1, -0.05) is 0 Å². The van der Waals surface area contributed by atoms with Crippen LogP contribution in [0.5, 0.6) is 5.88 Å². The number of nitrogens with one attached hydrogen (secondary N) is 1. The lowest BCUT2D eigenvalue weighted by Crippen LogP contribution is -2.39. The average molecular weight is 471 g/mol. The second-order valence-corrected chi connectivity index (χ2v) is 9.59. The van der Waals surface area contributed by atoms with Gasteiger partial charge in [-0.05, 0) is 31.2 Å². The summed E-state index contributed by atoms with van der Waals surface area (Å²) in [4.78, 5) is 9.05. The smallest absolute Gasteiger partial charge is 0.253 e. The number of aromatic nitrogens is 2. The number of anilines is 1. The Balaban J connectivity index is 1.86. The Hall–Kier alpha value is -3.73. The third kappa shape index (κ3) is 3.35. The van der Waals surface area contributed by atoms with Gasteiger partial charge in [0.1, 0.15) is 17.5 Å². The summed E-state index contributed by atoms with van der Waals surface area (Å²) >= 11 is 0. The predicted octanol–water partition coefficient (Wildman–Crippen LogP) is 1.05. The fourth-order valence-electron chi connectivity index (χ4n) is 4.09. The zero-order valence-corrected chi connectivity index (χ0v) is 18.5. The van der Waals surface area contributed by atoms with Crippen LogP contribution >= 0.6 is 0 Å².